The van der Waals surface area contributed by atoms with Crippen LogP contribution < -0.4 is 5.32 Å². The molecule has 0 radical (unpaired) electrons. The summed E-state index contributed by atoms with van der Waals surface area (Å²) in [4.78, 5) is 8.86. The number of nitrogens with one attached hydrogen (secondary N) is 1. The molecule has 0 bridgehead atoms. The monoisotopic (exact) mass is 323 g/mol. The number of nitrogens with zero attached hydrogens (tertiary/aromatic N) is 2. The molecule has 2 rings (SSSR count). The number of halogens is 1. The molecule has 21 heavy (non-hydrogen) atoms. The van der Waals surface area contributed by atoms with Gasteiger partial charge in [-0.3, -0.25) is 0 Å². The zero-order chi connectivity index (χ0) is 14.2. The van der Waals surface area contributed by atoms with Crippen molar-refractivity contribution in [3.63, 3.8) is 0 Å². The smallest absolute Gasteiger partial charge is 0.187 e. The molecule has 5 heteroatoms. The first kappa shape index (κ1) is 18.0. The Morgan fingerprint density at radius 2 is 1.71 bits per heavy atom. The normalized spacial score (nSPS) is 10.2. The van der Waals surface area contributed by atoms with E-state index in [1.165, 1.54) is 5.56 Å². The van der Waals surface area contributed by atoms with Gasteiger partial charge in [0.15, 0.2) is 5.16 Å². The zero-order valence-electron chi connectivity index (χ0n) is 12.5. The average molecular weight is 324 g/mol. The van der Waals surface area contributed by atoms with E-state index in [9.17, 15) is 0 Å². The molecule has 0 saturated heterocycles. The molecule has 0 fully saturated rings. The van der Waals surface area contributed by atoms with Crippen LogP contribution in [0.15, 0.2) is 41.6 Å². The Labute approximate surface area is 137 Å². The van der Waals surface area contributed by atoms with E-state index in [1.54, 1.807) is 11.8 Å². The van der Waals surface area contributed by atoms with Crippen LogP contribution in [0.3, 0.4) is 0 Å². The van der Waals surface area contributed by atoms with Crippen LogP contribution >= 0.6 is 24.2 Å². The molecular formula is C16H22ClN3S. The SMILES string of the molecule is Cc1cc(C)nc(SCCCNCc2ccccc2)n1.Cl. The number of hydrogen-bond acceptors (Lipinski definition) is 4. The topological polar surface area (TPSA) is 37.8 Å². The van der Waals surface area contributed by atoms with E-state index in [1.807, 2.05) is 26.0 Å². The van der Waals surface area contributed by atoms with Crippen LogP contribution in [-0.4, -0.2) is 22.3 Å². The Balaban J connectivity index is 0.00000220. The summed E-state index contributed by atoms with van der Waals surface area (Å²) in [6.07, 6.45) is 1.12. The van der Waals surface area contributed by atoms with Gasteiger partial charge in [-0.15, -0.1) is 12.4 Å². The van der Waals surface area contributed by atoms with E-state index in [0.717, 1.165) is 41.8 Å². The maximum Gasteiger partial charge on any atom is 0.187 e. The first-order chi connectivity index (χ1) is 9.74. The minimum atomic E-state index is 0. The lowest BCUT2D eigenvalue weighted by molar-refractivity contribution is 0.678. The Kier molecular flexibility index (Phi) is 8.35. The van der Waals surface area contributed by atoms with E-state index in [0.29, 0.717) is 0 Å². The summed E-state index contributed by atoms with van der Waals surface area (Å²) in [6.45, 7) is 5.98. The molecular weight excluding hydrogens is 302 g/mol. The van der Waals surface area contributed by atoms with Crippen molar-refractivity contribution in [1.82, 2.24) is 15.3 Å². The van der Waals surface area contributed by atoms with E-state index >= 15 is 0 Å². The average Bonchev–Trinajstić information content (AvgIpc) is 2.43. The van der Waals surface area contributed by atoms with Gasteiger partial charge in [-0.2, -0.15) is 0 Å². The van der Waals surface area contributed by atoms with Crippen molar-refractivity contribution in [2.75, 3.05) is 12.3 Å². The fraction of sp³-hybridized carbons (Fsp3) is 0.375. The summed E-state index contributed by atoms with van der Waals surface area (Å²) in [5.74, 6) is 1.05. The van der Waals surface area contributed by atoms with E-state index in [4.69, 9.17) is 0 Å². The van der Waals surface area contributed by atoms with Gasteiger partial charge < -0.3 is 5.32 Å². The first-order valence-electron chi connectivity index (χ1n) is 6.94. The second-order valence-electron chi connectivity index (χ2n) is 4.80. The Bertz CT molecular complexity index is 514. The second-order valence-corrected chi connectivity index (χ2v) is 5.86. The highest BCUT2D eigenvalue weighted by molar-refractivity contribution is 7.99. The van der Waals surface area contributed by atoms with Gasteiger partial charge in [-0.1, -0.05) is 42.1 Å². The number of rotatable bonds is 7. The molecule has 1 aromatic heterocycles. The minimum Gasteiger partial charge on any atom is -0.313 e. The van der Waals surface area contributed by atoms with Crippen LogP contribution in [0.2, 0.25) is 0 Å². The lowest BCUT2D eigenvalue weighted by Gasteiger charge is -2.05. The molecule has 1 heterocycles. The minimum absolute atomic E-state index is 0. The van der Waals surface area contributed by atoms with Crippen LogP contribution in [0.1, 0.15) is 23.4 Å². The van der Waals surface area contributed by atoms with Gasteiger partial charge in [0.1, 0.15) is 0 Å². The lowest BCUT2D eigenvalue weighted by Crippen LogP contribution is -2.15. The molecule has 0 aliphatic heterocycles. The molecule has 2 aromatic rings. The molecule has 0 aliphatic carbocycles. The van der Waals surface area contributed by atoms with Crippen molar-refractivity contribution in [3.05, 3.63) is 53.3 Å². The Hall–Kier alpha value is -1.10. The quantitative estimate of drug-likeness (QED) is 0.478. The summed E-state index contributed by atoms with van der Waals surface area (Å²) in [5, 5.41) is 4.35. The van der Waals surface area contributed by atoms with E-state index in [-0.39, 0.29) is 12.4 Å². The number of aromatic nitrogens is 2. The Morgan fingerprint density at radius 3 is 2.38 bits per heavy atom. The number of benzene rings is 1. The van der Waals surface area contributed by atoms with Crippen molar-refractivity contribution in [2.45, 2.75) is 32.0 Å². The third kappa shape index (κ3) is 6.93. The third-order valence-electron chi connectivity index (χ3n) is 2.86. The predicted octanol–water partition coefficient (Wildman–Crippen LogP) is 3.79. The summed E-state index contributed by atoms with van der Waals surface area (Å²) in [5.41, 5.74) is 3.42. The molecule has 0 atom stereocenters. The molecule has 0 unspecified atom stereocenters. The number of hydrogen-bond donors (Lipinski definition) is 1. The molecule has 3 nitrogen and oxygen atoms in total. The van der Waals surface area contributed by atoms with Gasteiger partial charge >= 0.3 is 0 Å². The van der Waals surface area contributed by atoms with Crippen molar-refractivity contribution < 1.29 is 0 Å². The van der Waals surface area contributed by atoms with Crippen molar-refractivity contribution >= 4 is 24.2 Å². The first-order valence-corrected chi connectivity index (χ1v) is 7.92. The maximum absolute atomic E-state index is 4.43. The predicted molar refractivity (Wildman–Crippen MR) is 92.2 cm³/mol. The van der Waals surface area contributed by atoms with Crippen LogP contribution in [0.4, 0.5) is 0 Å². The Morgan fingerprint density at radius 1 is 1.05 bits per heavy atom. The maximum atomic E-state index is 4.43. The van der Waals surface area contributed by atoms with Crippen molar-refractivity contribution in [2.24, 2.45) is 0 Å². The van der Waals surface area contributed by atoms with Gasteiger partial charge in [-0.25, -0.2) is 9.97 Å². The van der Waals surface area contributed by atoms with Gasteiger partial charge in [0.2, 0.25) is 0 Å². The van der Waals surface area contributed by atoms with Gasteiger partial charge in [0.25, 0.3) is 0 Å². The number of aryl methyl sites for hydroxylation is 2. The highest BCUT2D eigenvalue weighted by atomic mass is 35.5. The van der Waals surface area contributed by atoms with Gasteiger partial charge in [0, 0.05) is 23.7 Å². The zero-order valence-corrected chi connectivity index (χ0v) is 14.1. The lowest BCUT2D eigenvalue weighted by atomic mass is 10.2. The van der Waals surface area contributed by atoms with Crippen LogP contribution in [0.25, 0.3) is 0 Å². The summed E-state index contributed by atoms with van der Waals surface area (Å²) in [7, 11) is 0. The fourth-order valence-corrected chi connectivity index (χ4v) is 2.84. The van der Waals surface area contributed by atoms with Crippen LogP contribution in [-0.2, 0) is 6.54 Å². The second kappa shape index (κ2) is 9.77. The number of thioether (sulfide) groups is 1. The van der Waals surface area contributed by atoms with Gasteiger partial charge in [-0.05, 0) is 38.4 Å². The third-order valence-corrected chi connectivity index (χ3v) is 3.80. The van der Waals surface area contributed by atoms with Crippen molar-refractivity contribution in [1.29, 1.82) is 0 Å². The summed E-state index contributed by atoms with van der Waals surface area (Å²) in [6, 6.07) is 12.5. The standard InChI is InChI=1S/C16H21N3S.ClH/c1-13-11-14(2)19-16(18-13)20-10-6-9-17-12-15-7-4-3-5-8-15;/h3-5,7-8,11,17H,6,9-10,12H2,1-2H3;1H. The molecule has 0 saturated carbocycles. The molecule has 1 N–H and O–H groups in total. The molecule has 0 spiro atoms. The van der Waals surface area contributed by atoms with Crippen molar-refractivity contribution in [3.8, 4) is 0 Å². The summed E-state index contributed by atoms with van der Waals surface area (Å²) < 4.78 is 0. The molecule has 114 valence electrons. The molecule has 1 aromatic carbocycles. The fourth-order valence-electron chi connectivity index (χ4n) is 1.95. The van der Waals surface area contributed by atoms with E-state index < -0.39 is 0 Å². The highest BCUT2D eigenvalue weighted by Gasteiger charge is 2.00. The highest BCUT2D eigenvalue weighted by Crippen LogP contribution is 2.14. The molecule has 0 amide bonds. The molecule has 0 aliphatic rings. The summed E-state index contributed by atoms with van der Waals surface area (Å²) >= 11 is 1.73. The van der Waals surface area contributed by atoms with Gasteiger partial charge in [0.05, 0.1) is 0 Å². The van der Waals surface area contributed by atoms with E-state index in [2.05, 4.69) is 39.6 Å². The van der Waals surface area contributed by atoms with Crippen LogP contribution in [0, 0.1) is 13.8 Å². The van der Waals surface area contributed by atoms with Crippen LogP contribution in [0.5, 0.6) is 0 Å². The largest absolute Gasteiger partial charge is 0.313 e.